The number of thioether (sulfide) groups is 1. The van der Waals surface area contributed by atoms with Crippen LogP contribution in [0.5, 0.6) is 0 Å². The van der Waals surface area contributed by atoms with Crippen LogP contribution < -0.4 is 0 Å². The second kappa shape index (κ2) is 2.80. The van der Waals surface area contributed by atoms with Crippen LogP contribution in [0.3, 0.4) is 0 Å². The standard InChI is InChI=1S/C5H5F5S/c6-3-1-2(4(7)11-3)5(8,9)10/h2-4H,1H2. The maximum atomic E-state index is 12.3. The molecule has 0 aromatic heterocycles. The van der Waals surface area contributed by atoms with Gasteiger partial charge in [-0.3, -0.25) is 0 Å². The Kier molecular flexibility index (Phi) is 2.32. The average Bonchev–Trinajstić information content (AvgIpc) is 2.08. The van der Waals surface area contributed by atoms with E-state index >= 15 is 0 Å². The van der Waals surface area contributed by atoms with Crippen LogP contribution in [-0.2, 0) is 0 Å². The normalized spacial score (nSPS) is 39.5. The summed E-state index contributed by atoms with van der Waals surface area (Å²) >= 11 is 0.102. The average molecular weight is 192 g/mol. The molecule has 0 amide bonds. The first-order valence-electron chi connectivity index (χ1n) is 2.91. The van der Waals surface area contributed by atoms with Crippen molar-refractivity contribution in [2.24, 2.45) is 5.92 Å². The van der Waals surface area contributed by atoms with Gasteiger partial charge in [-0.05, 0) is 0 Å². The lowest BCUT2D eigenvalue weighted by molar-refractivity contribution is -0.182. The molecule has 0 N–H and O–H groups in total. The van der Waals surface area contributed by atoms with E-state index in [1.54, 1.807) is 0 Å². The molecule has 1 aliphatic rings. The fourth-order valence-electron chi connectivity index (χ4n) is 0.880. The van der Waals surface area contributed by atoms with Crippen LogP contribution in [0, 0.1) is 5.92 Å². The Bertz CT molecular complexity index is 144. The second-order valence-electron chi connectivity index (χ2n) is 2.28. The monoisotopic (exact) mass is 192 g/mol. The smallest absolute Gasteiger partial charge is 0.236 e. The van der Waals surface area contributed by atoms with Crippen molar-refractivity contribution in [1.82, 2.24) is 0 Å². The maximum absolute atomic E-state index is 12.3. The third-order valence-corrected chi connectivity index (χ3v) is 2.53. The molecule has 1 heterocycles. The van der Waals surface area contributed by atoms with Crippen molar-refractivity contribution in [3.05, 3.63) is 0 Å². The fraction of sp³-hybridized carbons (Fsp3) is 1.00. The first kappa shape index (κ1) is 9.09. The van der Waals surface area contributed by atoms with Crippen LogP contribution >= 0.6 is 11.8 Å². The van der Waals surface area contributed by atoms with E-state index in [-0.39, 0.29) is 11.8 Å². The van der Waals surface area contributed by atoms with Gasteiger partial charge in [-0.15, -0.1) is 0 Å². The lowest BCUT2D eigenvalue weighted by Gasteiger charge is -2.14. The van der Waals surface area contributed by atoms with E-state index in [0.717, 1.165) is 0 Å². The molecule has 0 bridgehead atoms. The lowest BCUT2D eigenvalue weighted by Crippen LogP contribution is -2.26. The van der Waals surface area contributed by atoms with E-state index in [1.165, 1.54) is 0 Å². The molecule has 1 saturated heterocycles. The Morgan fingerprint density at radius 3 is 1.91 bits per heavy atom. The first-order chi connectivity index (χ1) is 4.91. The maximum Gasteiger partial charge on any atom is 0.395 e. The third-order valence-electron chi connectivity index (χ3n) is 1.45. The third kappa shape index (κ3) is 1.98. The van der Waals surface area contributed by atoms with Gasteiger partial charge in [0.2, 0.25) is 0 Å². The predicted molar refractivity (Wildman–Crippen MR) is 31.5 cm³/mol. The number of hydrogen-bond acceptors (Lipinski definition) is 1. The molecular weight excluding hydrogens is 187 g/mol. The first-order valence-corrected chi connectivity index (χ1v) is 3.86. The molecule has 0 aromatic rings. The van der Waals surface area contributed by atoms with Gasteiger partial charge >= 0.3 is 6.18 Å². The summed E-state index contributed by atoms with van der Waals surface area (Å²) in [6, 6.07) is 0. The molecular formula is C5H5F5S. The Morgan fingerprint density at radius 1 is 1.18 bits per heavy atom. The van der Waals surface area contributed by atoms with Gasteiger partial charge in [0.1, 0.15) is 5.50 Å². The minimum absolute atomic E-state index is 0.102. The minimum atomic E-state index is -4.60. The van der Waals surface area contributed by atoms with E-state index in [9.17, 15) is 22.0 Å². The Balaban J connectivity index is 2.60. The zero-order valence-electron chi connectivity index (χ0n) is 5.24. The number of rotatable bonds is 0. The van der Waals surface area contributed by atoms with Crippen molar-refractivity contribution in [2.45, 2.75) is 23.6 Å². The summed E-state index contributed by atoms with van der Waals surface area (Å²) in [6.07, 6.45) is -5.36. The fourth-order valence-corrected chi connectivity index (χ4v) is 1.94. The zero-order valence-corrected chi connectivity index (χ0v) is 6.05. The van der Waals surface area contributed by atoms with Crippen LogP contribution in [0.25, 0.3) is 0 Å². The van der Waals surface area contributed by atoms with E-state index in [1.807, 2.05) is 0 Å². The Morgan fingerprint density at radius 2 is 1.73 bits per heavy atom. The number of alkyl halides is 5. The zero-order chi connectivity index (χ0) is 8.65. The van der Waals surface area contributed by atoms with Crippen molar-refractivity contribution in [2.75, 3.05) is 0 Å². The molecule has 0 saturated carbocycles. The molecule has 1 aliphatic heterocycles. The van der Waals surface area contributed by atoms with E-state index < -0.39 is 29.5 Å². The van der Waals surface area contributed by atoms with Crippen molar-refractivity contribution >= 4 is 11.8 Å². The van der Waals surface area contributed by atoms with Gasteiger partial charge in [0.15, 0.2) is 5.50 Å². The molecule has 11 heavy (non-hydrogen) atoms. The molecule has 0 spiro atoms. The predicted octanol–water partition coefficient (Wildman–Crippen LogP) is 2.89. The Hall–Kier alpha value is -0.0000000000000000555. The van der Waals surface area contributed by atoms with Gasteiger partial charge in [0, 0.05) is 6.42 Å². The van der Waals surface area contributed by atoms with E-state index in [0.29, 0.717) is 0 Å². The van der Waals surface area contributed by atoms with Gasteiger partial charge in [0.05, 0.1) is 5.92 Å². The van der Waals surface area contributed by atoms with E-state index in [4.69, 9.17) is 0 Å². The van der Waals surface area contributed by atoms with Crippen LogP contribution in [0.15, 0.2) is 0 Å². The molecule has 1 rings (SSSR count). The lowest BCUT2D eigenvalue weighted by atomic mass is 10.1. The summed E-state index contributed by atoms with van der Waals surface area (Å²) in [5.41, 5.74) is -3.85. The van der Waals surface area contributed by atoms with Crippen molar-refractivity contribution < 1.29 is 22.0 Å². The summed E-state index contributed by atoms with van der Waals surface area (Å²) in [7, 11) is 0. The van der Waals surface area contributed by atoms with Gasteiger partial charge < -0.3 is 0 Å². The highest BCUT2D eigenvalue weighted by Gasteiger charge is 2.51. The summed E-state index contributed by atoms with van der Waals surface area (Å²) in [6.45, 7) is 0. The highest BCUT2D eigenvalue weighted by Crippen LogP contribution is 2.47. The van der Waals surface area contributed by atoms with Gasteiger partial charge in [-0.25, -0.2) is 8.78 Å². The van der Waals surface area contributed by atoms with Crippen LogP contribution in [-0.4, -0.2) is 17.2 Å². The van der Waals surface area contributed by atoms with Crippen molar-refractivity contribution in [3.8, 4) is 0 Å². The van der Waals surface area contributed by atoms with Gasteiger partial charge in [-0.2, -0.15) is 13.2 Å². The van der Waals surface area contributed by atoms with Crippen molar-refractivity contribution in [1.29, 1.82) is 0 Å². The summed E-state index contributed by atoms with van der Waals surface area (Å²) < 4.78 is 59.8. The molecule has 3 unspecified atom stereocenters. The highest BCUT2D eigenvalue weighted by molar-refractivity contribution is 8.00. The molecule has 0 radical (unpaired) electrons. The molecule has 3 atom stereocenters. The molecule has 1 fully saturated rings. The molecule has 6 heteroatoms. The molecule has 0 aromatic carbocycles. The number of hydrogen-bond donors (Lipinski definition) is 0. The summed E-state index contributed by atoms with van der Waals surface area (Å²) in [4.78, 5) is 0. The molecule has 0 nitrogen and oxygen atoms in total. The van der Waals surface area contributed by atoms with E-state index in [2.05, 4.69) is 0 Å². The van der Waals surface area contributed by atoms with Gasteiger partial charge in [-0.1, -0.05) is 11.8 Å². The number of halogens is 5. The van der Waals surface area contributed by atoms with Crippen LogP contribution in [0.2, 0.25) is 0 Å². The van der Waals surface area contributed by atoms with Crippen molar-refractivity contribution in [3.63, 3.8) is 0 Å². The van der Waals surface area contributed by atoms with Gasteiger partial charge in [0.25, 0.3) is 0 Å². The van der Waals surface area contributed by atoms with Crippen LogP contribution in [0.1, 0.15) is 6.42 Å². The molecule has 66 valence electrons. The minimum Gasteiger partial charge on any atom is -0.236 e. The Labute approximate surface area is 64.1 Å². The largest absolute Gasteiger partial charge is 0.395 e. The molecule has 0 aliphatic carbocycles. The topological polar surface area (TPSA) is 0 Å². The SMILES string of the molecule is FC1CC(C(F)(F)F)C(F)S1. The second-order valence-corrected chi connectivity index (χ2v) is 3.52. The highest BCUT2D eigenvalue weighted by atomic mass is 32.2. The summed E-state index contributed by atoms with van der Waals surface area (Å²) in [5.74, 6) is -2.12. The quantitative estimate of drug-likeness (QED) is 0.532. The van der Waals surface area contributed by atoms with Crippen LogP contribution in [0.4, 0.5) is 22.0 Å². The summed E-state index contributed by atoms with van der Waals surface area (Å²) in [5, 5.41) is 0.